The van der Waals surface area contributed by atoms with E-state index in [1.165, 1.54) is 4.31 Å². The number of benzene rings is 1. The van der Waals surface area contributed by atoms with Gasteiger partial charge in [-0.1, -0.05) is 13.8 Å². The molecular formula is C14H25ClN2O3S. The molecule has 0 aromatic heterocycles. The molecule has 0 saturated heterocycles. The van der Waals surface area contributed by atoms with Crippen molar-refractivity contribution in [3.8, 4) is 5.75 Å². The molecular weight excluding hydrogens is 312 g/mol. The van der Waals surface area contributed by atoms with Crippen molar-refractivity contribution in [1.29, 1.82) is 0 Å². The van der Waals surface area contributed by atoms with Crippen molar-refractivity contribution in [2.24, 2.45) is 11.1 Å². The van der Waals surface area contributed by atoms with Crippen LogP contribution < -0.4 is 10.5 Å². The molecule has 1 aromatic carbocycles. The predicted molar refractivity (Wildman–Crippen MR) is 87.6 cm³/mol. The van der Waals surface area contributed by atoms with Crippen molar-refractivity contribution in [3.05, 3.63) is 23.8 Å². The molecule has 7 heteroatoms. The molecule has 0 amide bonds. The standard InChI is InChI=1S/C14H24N2O3S.ClH/c1-11-8-12(6-7-13(11)19-5)20(17,18)16(4)10-14(2,3)9-15;/h6-8H,9-10,15H2,1-5H3;1H. The van der Waals surface area contributed by atoms with Gasteiger partial charge < -0.3 is 10.5 Å². The van der Waals surface area contributed by atoms with Crippen molar-refractivity contribution in [3.63, 3.8) is 0 Å². The zero-order chi connectivity index (χ0) is 15.6. The fraction of sp³-hybridized carbons (Fsp3) is 0.571. The van der Waals surface area contributed by atoms with E-state index >= 15 is 0 Å². The van der Waals surface area contributed by atoms with Gasteiger partial charge in [-0.2, -0.15) is 0 Å². The summed E-state index contributed by atoms with van der Waals surface area (Å²) in [5.74, 6) is 0.675. The zero-order valence-electron chi connectivity index (χ0n) is 13.2. The average molecular weight is 337 g/mol. The number of hydrogen-bond acceptors (Lipinski definition) is 4. The molecule has 2 N–H and O–H groups in total. The summed E-state index contributed by atoms with van der Waals surface area (Å²) in [6.07, 6.45) is 0. The molecule has 0 aliphatic rings. The maximum absolute atomic E-state index is 12.5. The normalized spacial score (nSPS) is 12.1. The average Bonchev–Trinajstić information content (AvgIpc) is 2.38. The number of nitrogens with two attached hydrogens (primary N) is 1. The molecule has 0 bridgehead atoms. The Kier molecular flexibility index (Phi) is 7.15. The van der Waals surface area contributed by atoms with Gasteiger partial charge in [0, 0.05) is 13.6 Å². The number of rotatable bonds is 6. The van der Waals surface area contributed by atoms with E-state index in [4.69, 9.17) is 10.5 Å². The second-order valence-electron chi connectivity index (χ2n) is 5.76. The summed E-state index contributed by atoms with van der Waals surface area (Å²) in [5.41, 5.74) is 6.19. The topological polar surface area (TPSA) is 72.6 Å². The summed E-state index contributed by atoms with van der Waals surface area (Å²) >= 11 is 0. The van der Waals surface area contributed by atoms with Gasteiger partial charge in [-0.3, -0.25) is 0 Å². The summed E-state index contributed by atoms with van der Waals surface area (Å²) in [6, 6.07) is 4.86. The van der Waals surface area contributed by atoms with Gasteiger partial charge in [0.1, 0.15) is 5.75 Å². The van der Waals surface area contributed by atoms with Crippen LogP contribution in [0.15, 0.2) is 23.1 Å². The van der Waals surface area contributed by atoms with Crippen LogP contribution in [0.2, 0.25) is 0 Å². The van der Waals surface area contributed by atoms with E-state index in [0.29, 0.717) is 18.8 Å². The molecule has 0 spiro atoms. The van der Waals surface area contributed by atoms with E-state index in [2.05, 4.69) is 0 Å². The van der Waals surface area contributed by atoms with Gasteiger partial charge in [0.15, 0.2) is 0 Å². The summed E-state index contributed by atoms with van der Waals surface area (Å²) in [5, 5.41) is 0. The van der Waals surface area contributed by atoms with Crippen LogP contribution in [-0.4, -0.2) is 40.0 Å². The molecule has 0 heterocycles. The zero-order valence-corrected chi connectivity index (χ0v) is 14.8. The third kappa shape index (κ3) is 4.85. The van der Waals surface area contributed by atoms with Gasteiger partial charge >= 0.3 is 0 Å². The number of halogens is 1. The molecule has 0 aliphatic heterocycles. The Balaban J connectivity index is 0.00000400. The summed E-state index contributed by atoms with van der Waals surface area (Å²) < 4.78 is 31.5. The monoisotopic (exact) mass is 336 g/mol. The Labute approximate surface area is 133 Å². The minimum atomic E-state index is -3.51. The van der Waals surface area contributed by atoms with Gasteiger partial charge in [-0.15, -0.1) is 12.4 Å². The van der Waals surface area contributed by atoms with Crippen molar-refractivity contribution >= 4 is 22.4 Å². The van der Waals surface area contributed by atoms with Crippen LogP contribution >= 0.6 is 12.4 Å². The summed E-state index contributed by atoms with van der Waals surface area (Å²) in [6.45, 7) is 6.50. The van der Waals surface area contributed by atoms with Crippen LogP contribution in [0.25, 0.3) is 0 Å². The Morgan fingerprint density at radius 1 is 1.33 bits per heavy atom. The van der Waals surface area contributed by atoms with E-state index in [0.717, 1.165) is 5.56 Å². The van der Waals surface area contributed by atoms with Crippen molar-refractivity contribution in [2.45, 2.75) is 25.7 Å². The van der Waals surface area contributed by atoms with E-state index in [9.17, 15) is 8.42 Å². The van der Waals surface area contributed by atoms with Gasteiger partial charge in [0.25, 0.3) is 0 Å². The molecule has 0 unspecified atom stereocenters. The molecule has 0 fully saturated rings. The lowest BCUT2D eigenvalue weighted by atomic mass is 9.94. The first-order chi connectivity index (χ1) is 9.14. The molecule has 21 heavy (non-hydrogen) atoms. The second-order valence-corrected chi connectivity index (χ2v) is 7.81. The third-order valence-electron chi connectivity index (χ3n) is 3.28. The van der Waals surface area contributed by atoms with Gasteiger partial charge in [0.2, 0.25) is 10.0 Å². The van der Waals surface area contributed by atoms with Crippen LogP contribution in [0.3, 0.4) is 0 Å². The lowest BCUT2D eigenvalue weighted by molar-refractivity contribution is 0.292. The third-order valence-corrected chi connectivity index (χ3v) is 5.08. The van der Waals surface area contributed by atoms with Crippen molar-refractivity contribution < 1.29 is 13.2 Å². The molecule has 1 aromatic rings. The fourth-order valence-electron chi connectivity index (χ4n) is 1.94. The summed E-state index contributed by atoms with van der Waals surface area (Å²) in [4.78, 5) is 0.270. The number of hydrogen-bond donors (Lipinski definition) is 1. The van der Waals surface area contributed by atoms with Crippen LogP contribution in [-0.2, 0) is 10.0 Å². The van der Waals surface area contributed by atoms with Crippen LogP contribution in [0, 0.1) is 12.3 Å². The minimum absolute atomic E-state index is 0. The first-order valence-electron chi connectivity index (χ1n) is 6.45. The second kappa shape index (κ2) is 7.45. The highest BCUT2D eigenvalue weighted by Gasteiger charge is 2.27. The molecule has 122 valence electrons. The molecule has 0 atom stereocenters. The van der Waals surface area contributed by atoms with E-state index in [1.54, 1.807) is 32.4 Å². The Bertz CT molecular complexity index is 574. The highest BCUT2D eigenvalue weighted by Crippen LogP contribution is 2.25. The molecule has 0 radical (unpaired) electrons. The highest BCUT2D eigenvalue weighted by molar-refractivity contribution is 7.89. The highest BCUT2D eigenvalue weighted by atomic mass is 35.5. The fourth-order valence-corrected chi connectivity index (χ4v) is 3.39. The van der Waals surface area contributed by atoms with Gasteiger partial charge in [-0.05, 0) is 42.6 Å². The molecule has 1 rings (SSSR count). The maximum atomic E-state index is 12.5. The van der Waals surface area contributed by atoms with E-state index in [1.807, 2.05) is 20.8 Å². The van der Waals surface area contributed by atoms with Crippen LogP contribution in [0.1, 0.15) is 19.4 Å². The van der Waals surface area contributed by atoms with E-state index < -0.39 is 10.0 Å². The molecule has 0 saturated carbocycles. The quantitative estimate of drug-likeness (QED) is 0.862. The van der Waals surface area contributed by atoms with Crippen LogP contribution in [0.4, 0.5) is 0 Å². The number of nitrogens with zero attached hydrogens (tertiary/aromatic N) is 1. The number of methoxy groups -OCH3 is 1. The summed E-state index contributed by atoms with van der Waals surface area (Å²) in [7, 11) is -0.370. The number of aryl methyl sites for hydroxylation is 1. The van der Waals surface area contributed by atoms with Crippen LogP contribution in [0.5, 0.6) is 5.75 Å². The van der Waals surface area contributed by atoms with Crippen molar-refractivity contribution in [1.82, 2.24) is 4.31 Å². The Morgan fingerprint density at radius 3 is 2.33 bits per heavy atom. The molecule has 0 aliphatic carbocycles. The smallest absolute Gasteiger partial charge is 0.242 e. The largest absolute Gasteiger partial charge is 0.496 e. The predicted octanol–water partition coefficient (Wildman–Crippen LogP) is 2.03. The van der Waals surface area contributed by atoms with Crippen molar-refractivity contribution in [2.75, 3.05) is 27.2 Å². The minimum Gasteiger partial charge on any atom is -0.496 e. The van der Waals surface area contributed by atoms with Gasteiger partial charge in [0.05, 0.1) is 12.0 Å². The van der Waals surface area contributed by atoms with E-state index in [-0.39, 0.29) is 22.7 Å². The number of sulfonamides is 1. The Morgan fingerprint density at radius 2 is 1.90 bits per heavy atom. The first-order valence-corrected chi connectivity index (χ1v) is 7.89. The lowest BCUT2D eigenvalue weighted by Gasteiger charge is -2.28. The number of ether oxygens (including phenoxy) is 1. The first kappa shape index (κ1) is 20.2. The molecule has 5 nitrogen and oxygen atoms in total. The SMILES string of the molecule is COc1ccc(S(=O)(=O)N(C)CC(C)(C)CN)cc1C.Cl. The van der Waals surface area contributed by atoms with Gasteiger partial charge in [-0.25, -0.2) is 12.7 Å². The Hall–Kier alpha value is -0.820. The lowest BCUT2D eigenvalue weighted by Crippen LogP contribution is -2.39. The maximum Gasteiger partial charge on any atom is 0.242 e.